The van der Waals surface area contributed by atoms with Gasteiger partial charge in [-0.2, -0.15) is 0 Å². The minimum absolute atomic E-state index is 0.0386. The van der Waals surface area contributed by atoms with Gasteiger partial charge in [-0.3, -0.25) is 0 Å². The third kappa shape index (κ3) is 3.70. The number of hydrogen-bond donors (Lipinski definition) is 0. The van der Waals surface area contributed by atoms with Crippen molar-refractivity contribution in [1.29, 1.82) is 0 Å². The molecule has 0 radical (unpaired) electrons. The molecule has 0 saturated heterocycles. The SMILES string of the molecule is CC(C)OCc1ccccc1[Se]Cl. The molecule has 1 aromatic carbocycles. The van der Waals surface area contributed by atoms with Gasteiger partial charge in [0.1, 0.15) is 0 Å². The standard InChI is InChI=1S/C10H13ClOSe/c1-8(2)12-7-9-5-3-4-6-10(9)13-11/h3-6,8H,7H2,1-2H3. The molecule has 0 N–H and O–H groups in total. The van der Waals surface area contributed by atoms with Gasteiger partial charge >= 0.3 is 89.7 Å². The van der Waals surface area contributed by atoms with Crippen LogP contribution in [0.1, 0.15) is 19.4 Å². The van der Waals surface area contributed by atoms with Gasteiger partial charge in [0.25, 0.3) is 0 Å². The zero-order valence-electron chi connectivity index (χ0n) is 7.79. The summed E-state index contributed by atoms with van der Waals surface area (Å²) < 4.78 is 6.74. The fourth-order valence-electron chi connectivity index (χ4n) is 0.955. The van der Waals surface area contributed by atoms with E-state index in [9.17, 15) is 0 Å². The minimum atomic E-state index is 0.0386. The van der Waals surface area contributed by atoms with E-state index in [1.165, 1.54) is 10.0 Å². The first kappa shape index (κ1) is 11.1. The molecule has 0 aliphatic rings. The van der Waals surface area contributed by atoms with Crippen LogP contribution in [0, 0.1) is 0 Å². The Balaban J connectivity index is 2.64. The van der Waals surface area contributed by atoms with Crippen molar-refractivity contribution in [2.75, 3.05) is 0 Å². The fourth-order valence-corrected chi connectivity index (χ4v) is 2.48. The monoisotopic (exact) mass is 264 g/mol. The van der Waals surface area contributed by atoms with Crippen molar-refractivity contribution in [2.24, 2.45) is 0 Å². The van der Waals surface area contributed by atoms with Crippen molar-refractivity contribution in [3.05, 3.63) is 29.8 Å². The van der Waals surface area contributed by atoms with Crippen LogP contribution >= 0.6 is 10.1 Å². The Morgan fingerprint density at radius 1 is 1.38 bits per heavy atom. The van der Waals surface area contributed by atoms with Crippen LogP contribution in [0.3, 0.4) is 0 Å². The maximum absolute atomic E-state index is 5.85. The third-order valence-electron chi connectivity index (χ3n) is 1.63. The normalized spacial score (nSPS) is 10.8. The second kappa shape index (κ2) is 5.66. The molecule has 0 bridgehead atoms. The molecule has 0 aromatic heterocycles. The van der Waals surface area contributed by atoms with Gasteiger partial charge in [-0.15, -0.1) is 0 Å². The molecule has 0 spiro atoms. The number of hydrogen-bond acceptors (Lipinski definition) is 1. The molecule has 1 rings (SSSR count). The molecule has 0 aliphatic heterocycles. The van der Waals surface area contributed by atoms with Crippen LogP contribution < -0.4 is 4.46 Å². The van der Waals surface area contributed by atoms with Gasteiger partial charge in [0, 0.05) is 0 Å². The Labute approximate surface area is 89.8 Å². The summed E-state index contributed by atoms with van der Waals surface area (Å²) in [7, 11) is 5.85. The number of rotatable bonds is 4. The van der Waals surface area contributed by atoms with E-state index in [2.05, 4.69) is 12.1 Å². The molecule has 1 aromatic rings. The van der Waals surface area contributed by atoms with E-state index in [0.29, 0.717) is 6.61 Å². The summed E-state index contributed by atoms with van der Waals surface area (Å²) in [6, 6.07) is 8.16. The van der Waals surface area contributed by atoms with Gasteiger partial charge in [-0.25, -0.2) is 0 Å². The summed E-state index contributed by atoms with van der Waals surface area (Å²) in [6.45, 7) is 4.74. The second-order valence-corrected chi connectivity index (χ2v) is 5.09. The Morgan fingerprint density at radius 3 is 2.69 bits per heavy atom. The Bertz CT molecular complexity index is 263. The van der Waals surface area contributed by atoms with Crippen molar-refractivity contribution in [3.8, 4) is 0 Å². The van der Waals surface area contributed by atoms with Crippen molar-refractivity contribution in [2.45, 2.75) is 26.6 Å². The quantitative estimate of drug-likeness (QED) is 0.756. The summed E-state index contributed by atoms with van der Waals surface area (Å²) in [5.41, 5.74) is 1.21. The first-order valence-corrected chi connectivity index (χ1v) is 7.33. The van der Waals surface area contributed by atoms with Gasteiger partial charge in [-0.1, -0.05) is 0 Å². The van der Waals surface area contributed by atoms with E-state index < -0.39 is 0 Å². The van der Waals surface area contributed by atoms with E-state index in [1.54, 1.807) is 0 Å². The molecule has 3 heteroatoms. The molecule has 0 heterocycles. The van der Waals surface area contributed by atoms with Gasteiger partial charge in [0.05, 0.1) is 0 Å². The molecule has 0 fully saturated rings. The van der Waals surface area contributed by atoms with Crippen LogP contribution in [0.25, 0.3) is 0 Å². The molecule has 0 amide bonds. The zero-order chi connectivity index (χ0) is 9.68. The summed E-state index contributed by atoms with van der Waals surface area (Å²) >= 11 is 0.0386. The molecule has 1 nitrogen and oxygen atoms in total. The number of halogens is 1. The summed E-state index contributed by atoms with van der Waals surface area (Å²) in [6.07, 6.45) is 0.274. The molecule has 0 unspecified atom stereocenters. The van der Waals surface area contributed by atoms with E-state index >= 15 is 0 Å². The van der Waals surface area contributed by atoms with Crippen LogP contribution in [0.4, 0.5) is 0 Å². The first-order chi connectivity index (χ1) is 6.24. The maximum atomic E-state index is 5.85. The van der Waals surface area contributed by atoms with Gasteiger partial charge in [-0.05, 0) is 0 Å². The summed E-state index contributed by atoms with van der Waals surface area (Å²) in [4.78, 5) is 0. The van der Waals surface area contributed by atoms with Crippen molar-refractivity contribution in [1.82, 2.24) is 0 Å². The van der Waals surface area contributed by atoms with Crippen LogP contribution in [0.15, 0.2) is 24.3 Å². The van der Waals surface area contributed by atoms with E-state index in [4.69, 9.17) is 14.8 Å². The third-order valence-corrected chi connectivity index (χ3v) is 3.68. The van der Waals surface area contributed by atoms with E-state index in [0.717, 1.165) is 0 Å². The first-order valence-electron chi connectivity index (χ1n) is 4.22. The predicted octanol–water partition coefficient (Wildman–Crippen LogP) is 2.09. The van der Waals surface area contributed by atoms with E-state index in [1.807, 2.05) is 26.0 Å². The van der Waals surface area contributed by atoms with Crippen LogP contribution in [0.2, 0.25) is 0 Å². The van der Waals surface area contributed by atoms with Crippen molar-refractivity contribution in [3.63, 3.8) is 0 Å². The molecule has 13 heavy (non-hydrogen) atoms. The molecule has 0 saturated carbocycles. The average molecular weight is 264 g/mol. The van der Waals surface area contributed by atoms with Crippen LogP contribution in [-0.4, -0.2) is 20.1 Å². The number of benzene rings is 1. The van der Waals surface area contributed by atoms with Gasteiger partial charge < -0.3 is 0 Å². The average Bonchev–Trinajstić information content (AvgIpc) is 2.15. The fraction of sp³-hybridized carbons (Fsp3) is 0.400. The zero-order valence-corrected chi connectivity index (χ0v) is 10.3. The molecule has 72 valence electrons. The Hall–Kier alpha value is -0.0105. The molecule has 0 atom stereocenters. The Kier molecular flexibility index (Phi) is 4.82. The van der Waals surface area contributed by atoms with Gasteiger partial charge in [0.2, 0.25) is 0 Å². The van der Waals surface area contributed by atoms with Crippen LogP contribution in [0.5, 0.6) is 0 Å². The number of ether oxygens (including phenoxy) is 1. The second-order valence-electron chi connectivity index (χ2n) is 3.04. The van der Waals surface area contributed by atoms with Gasteiger partial charge in [0.15, 0.2) is 0 Å². The molecular formula is C10H13ClOSe. The molecular weight excluding hydrogens is 251 g/mol. The molecule has 0 aliphatic carbocycles. The topological polar surface area (TPSA) is 9.23 Å². The summed E-state index contributed by atoms with van der Waals surface area (Å²) in [5.74, 6) is 0. The van der Waals surface area contributed by atoms with Crippen molar-refractivity contribution >= 4 is 28.6 Å². The predicted molar refractivity (Wildman–Crippen MR) is 57.6 cm³/mol. The summed E-state index contributed by atoms with van der Waals surface area (Å²) in [5, 5.41) is 0. The van der Waals surface area contributed by atoms with E-state index in [-0.39, 0.29) is 20.1 Å². The Morgan fingerprint density at radius 2 is 2.08 bits per heavy atom. The van der Waals surface area contributed by atoms with Crippen molar-refractivity contribution < 1.29 is 4.74 Å². The van der Waals surface area contributed by atoms with Crippen LogP contribution in [-0.2, 0) is 11.3 Å².